The van der Waals surface area contributed by atoms with Gasteiger partial charge in [0.05, 0.1) is 18.2 Å². The van der Waals surface area contributed by atoms with Crippen molar-refractivity contribution in [1.82, 2.24) is 0 Å². The van der Waals surface area contributed by atoms with Crippen molar-refractivity contribution in [3.63, 3.8) is 0 Å². The zero-order valence-electron chi connectivity index (χ0n) is 7.18. The molecule has 0 radical (unpaired) electrons. The van der Waals surface area contributed by atoms with Crippen LogP contribution in [0.3, 0.4) is 0 Å². The normalized spacial score (nSPS) is 10.2. The van der Waals surface area contributed by atoms with Crippen LogP contribution >= 0.6 is 27.5 Å². The van der Waals surface area contributed by atoms with E-state index in [4.69, 9.17) is 21.4 Å². The van der Waals surface area contributed by atoms with Gasteiger partial charge in [-0.3, -0.25) is 0 Å². The molecule has 0 spiro atoms. The van der Waals surface area contributed by atoms with E-state index in [0.717, 1.165) is 4.47 Å². The molecule has 0 saturated heterocycles. The van der Waals surface area contributed by atoms with Gasteiger partial charge in [0.15, 0.2) is 0 Å². The summed E-state index contributed by atoms with van der Waals surface area (Å²) in [7, 11) is 0. The van der Waals surface area contributed by atoms with Gasteiger partial charge in [-0.25, -0.2) is 0 Å². The van der Waals surface area contributed by atoms with Gasteiger partial charge < -0.3 is 9.84 Å². The standard InChI is InChI=1S/C9H10BrClO2/c1-2-13-8-4-3-7(10)6(5-12)9(8)11/h3-4,12H,2,5H2,1H3. The molecular formula is C9H10BrClO2. The number of hydrogen-bond acceptors (Lipinski definition) is 2. The largest absolute Gasteiger partial charge is 0.492 e. The Labute approximate surface area is 90.6 Å². The number of halogens is 2. The second kappa shape index (κ2) is 4.84. The van der Waals surface area contributed by atoms with Crippen molar-refractivity contribution in [3.8, 4) is 5.75 Å². The quantitative estimate of drug-likeness (QED) is 0.910. The van der Waals surface area contributed by atoms with Crippen molar-refractivity contribution < 1.29 is 9.84 Å². The van der Waals surface area contributed by atoms with E-state index in [1.54, 1.807) is 6.07 Å². The molecular weight excluding hydrogens is 255 g/mol. The summed E-state index contributed by atoms with van der Waals surface area (Å²) in [5.74, 6) is 0.608. The van der Waals surface area contributed by atoms with Gasteiger partial charge in [-0.15, -0.1) is 0 Å². The molecule has 0 heterocycles. The Bertz CT molecular complexity index is 302. The summed E-state index contributed by atoms with van der Waals surface area (Å²) in [5, 5.41) is 9.49. The van der Waals surface area contributed by atoms with Crippen LogP contribution in [0.15, 0.2) is 16.6 Å². The van der Waals surface area contributed by atoms with E-state index >= 15 is 0 Å². The van der Waals surface area contributed by atoms with Crippen LogP contribution in [0.4, 0.5) is 0 Å². The Balaban J connectivity index is 3.11. The van der Waals surface area contributed by atoms with Gasteiger partial charge in [0, 0.05) is 10.0 Å². The van der Waals surface area contributed by atoms with Crippen LogP contribution in [0.5, 0.6) is 5.75 Å². The fraction of sp³-hybridized carbons (Fsp3) is 0.333. The molecule has 1 aromatic carbocycles. The summed E-state index contributed by atoms with van der Waals surface area (Å²) >= 11 is 9.27. The maximum Gasteiger partial charge on any atom is 0.138 e. The lowest BCUT2D eigenvalue weighted by Gasteiger charge is -2.09. The zero-order valence-corrected chi connectivity index (χ0v) is 9.52. The molecule has 0 amide bonds. The Morgan fingerprint density at radius 3 is 2.77 bits per heavy atom. The number of aliphatic hydroxyl groups excluding tert-OH is 1. The monoisotopic (exact) mass is 264 g/mol. The summed E-state index contributed by atoms with van der Waals surface area (Å²) in [4.78, 5) is 0. The van der Waals surface area contributed by atoms with Gasteiger partial charge >= 0.3 is 0 Å². The second-order valence-electron chi connectivity index (χ2n) is 2.43. The minimum absolute atomic E-state index is 0.0969. The fourth-order valence-corrected chi connectivity index (χ4v) is 1.84. The molecule has 2 nitrogen and oxygen atoms in total. The van der Waals surface area contributed by atoms with E-state index in [0.29, 0.717) is 22.9 Å². The Morgan fingerprint density at radius 1 is 1.54 bits per heavy atom. The highest BCUT2D eigenvalue weighted by Crippen LogP contribution is 2.33. The van der Waals surface area contributed by atoms with Crippen molar-refractivity contribution >= 4 is 27.5 Å². The van der Waals surface area contributed by atoms with Crippen LogP contribution in [0.2, 0.25) is 5.02 Å². The van der Waals surface area contributed by atoms with Gasteiger partial charge in [0.1, 0.15) is 5.75 Å². The lowest BCUT2D eigenvalue weighted by Crippen LogP contribution is -1.95. The van der Waals surface area contributed by atoms with Crippen LogP contribution in [-0.2, 0) is 6.61 Å². The summed E-state index contributed by atoms with van der Waals surface area (Å²) in [5.41, 5.74) is 0.660. The van der Waals surface area contributed by atoms with E-state index in [9.17, 15) is 0 Å². The Kier molecular flexibility index (Phi) is 4.03. The van der Waals surface area contributed by atoms with E-state index in [1.807, 2.05) is 13.0 Å². The minimum atomic E-state index is -0.0969. The first-order valence-electron chi connectivity index (χ1n) is 3.91. The van der Waals surface area contributed by atoms with E-state index in [-0.39, 0.29) is 6.61 Å². The smallest absolute Gasteiger partial charge is 0.138 e. The fourth-order valence-electron chi connectivity index (χ4n) is 0.988. The predicted molar refractivity (Wildman–Crippen MR) is 56.2 cm³/mol. The zero-order chi connectivity index (χ0) is 9.84. The third kappa shape index (κ3) is 2.36. The molecule has 0 fully saturated rings. The molecule has 4 heteroatoms. The molecule has 0 bridgehead atoms. The van der Waals surface area contributed by atoms with Crippen LogP contribution in [0, 0.1) is 0 Å². The van der Waals surface area contributed by atoms with Gasteiger partial charge in [0.2, 0.25) is 0 Å². The van der Waals surface area contributed by atoms with Gasteiger partial charge in [0.25, 0.3) is 0 Å². The summed E-state index contributed by atoms with van der Waals surface area (Å²) < 4.78 is 6.07. The predicted octanol–water partition coefficient (Wildman–Crippen LogP) is 2.99. The number of ether oxygens (including phenoxy) is 1. The average Bonchev–Trinajstić information content (AvgIpc) is 2.11. The molecule has 0 aromatic heterocycles. The van der Waals surface area contributed by atoms with Crippen molar-refractivity contribution in [1.29, 1.82) is 0 Å². The van der Waals surface area contributed by atoms with E-state index < -0.39 is 0 Å². The number of hydrogen-bond donors (Lipinski definition) is 1. The van der Waals surface area contributed by atoms with Crippen molar-refractivity contribution in [2.75, 3.05) is 6.61 Å². The first-order chi connectivity index (χ1) is 6.20. The topological polar surface area (TPSA) is 29.5 Å². The first-order valence-corrected chi connectivity index (χ1v) is 5.08. The number of aliphatic hydroxyl groups is 1. The summed E-state index contributed by atoms with van der Waals surface area (Å²) in [6.45, 7) is 2.35. The van der Waals surface area contributed by atoms with Gasteiger partial charge in [-0.2, -0.15) is 0 Å². The first kappa shape index (κ1) is 10.8. The minimum Gasteiger partial charge on any atom is -0.492 e. The molecule has 0 aliphatic rings. The lowest BCUT2D eigenvalue weighted by atomic mass is 10.2. The molecule has 0 aliphatic carbocycles. The number of rotatable bonds is 3. The average molecular weight is 266 g/mol. The molecule has 1 aromatic rings. The second-order valence-corrected chi connectivity index (χ2v) is 3.66. The number of benzene rings is 1. The maximum atomic E-state index is 9.02. The van der Waals surface area contributed by atoms with Crippen molar-refractivity contribution in [3.05, 3.63) is 27.2 Å². The molecule has 13 heavy (non-hydrogen) atoms. The van der Waals surface area contributed by atoms with E-state index in [2.05, 4.69) is 15.9 Å². The molecule has 0 saturated carbocycles. The van der Waals surface area contributed by atoms with Crippen molar-refractivity contribution in [2.24, 2.45) is 0 Å². The molecule has 1 rings (SSSR count). The molecule has 0 atom stereocenters. The highest BCUT2D eigenvalue weighted by molar-refractivity contribution is 9.10. The Morgan fingerprint density at radius 2 is 2.23 bits per heavy atom. The van der Waals surface area contributed by atoms with Crippen LogP contribution in [0.1, 0.15) is 12.5 Å². The molecule has 0 aliphatic heterocycles. The highest BCUT2D eigenvalue weighted by Gasteiger charge is 2.09. The maximum absolute atomic E-state index is 9.02. The third-order valence-corrected chi connectivity index (χ3v) is 2.77. The summed E-state index contributed by atoms with van der Waals surface area (Å²) in [6.07, 6.45) is 0. The van der Waals surface area contributed by atoms with Crippen LogP contribution < -0.4 is 4.74 Å². The Hall–Kier alpha value is -0.250. The van der Waals surface area contributed by atoms with Gasteiger partial charge in [-0.1, -0.05) is 27.5 Å². The molecule has 1 N–H and O–H groups in total. The summed E-state index contributed by atoms with van der Waals surface area (Å²) in [6, 6.07) is 3.58. The third-order valence-electron chi connectivity index (χ3n) is 1.61. The van der Waals surface area contributed by atoms with E-state index in [1.165, 1.54) is 0 Å². The highest BCUT2D eigenvalue weighted by atomic mass is 79.9. The molecule has 0 unspecified atom stereocenters. The van der Waals surface area contributed by atoms with Crippen LogP contribution in [0.25, 0.3) is 0 Å². The van der Waals surface area contributed by atoms with Crippen molar-refractivity contribution in [2.45, 2.75) is 13.5 Å². The van der Waals surface area contributed by atoms with Crippen LogP contribution in [-0.4, -0.2) is 11.7 Å². The molecule has 72 valence electrons. The lowest BCUT2D eigenvalue weighted by molar-refractivity contribution is 0.279. The SMILES string of the molecule is CCOc1ccc(Br)c(CO)c1Cl. The van der Waals surface area contributed by atoms with Gasteiger partial charge in [-0.05, 0) is 19.1 Å².